The Kier molecular flexibility index (Phi) is 6.95. The van der Waals surface area contributed by atoms with Gasteiger partial charge >= 0.3 is 0 Å². The molecule has 1 amide bonds. The summed E-state index contributed by atoms with van der Waals surface area (Å²) in [5, 5.41) is 0.871. The van der Waals surface area contributed by atoms with E-state index in [1.165, 1.54) is 5.56 Å². The fourth-order valence-electron chi connectivity index (χ4n) is 4.66. The molecular formula is C23H27Cl2N3OS. The fourth-order valence-corrected chi connectivity index (χ4v) is 5.91. The Hall–Kier alpha value is -1.24. The molecule has 0 saturated carbocycles. The lowest BCUT2D eigenvalue weighted by molar-refractivity contribution is 0.0774. The summed E-state index contributed by atoms with van der Waals surface area (Å²) in [4.78, 5) is 18.5. The van der Waals surface area contributed by atoms with Crippen molar-refractivity contribution < 1.29 is 4.79 Å². The lowest BCUT2D eigenvalue weighted by Gasteiger charge is -2.23. The second-order valence-corrected chi connectivity index (χ2v) is 9.96. The molecule has 0 bridgehead atoms. The SMILES string of the molecule is CSc1cc(Cl)c(C(=O)N2CC3CN(CC[C@H](N)c4ccccc4)CC3C2)c(Cl)c1. The molecule has 2 aliphatic rings. The number of halogens is 2. The van der Waals surface area contributed by atoms with E-state index in [2.05, 4.69) is 17.0 Å². The maximum absolute atomic E-state index is 13.1. The lowest BCUT2D eigenvalue weighted by atomic mass is 10.0. The van der Waals surface area contributed by atoms with Crippen molar-refractivity contribution in [2.24, 2.45) is 17.6 Å². The van der Waals surface area contributed by atoms with Crippen LogP contribution in [-0.4, -0.2) is 54.7 Å². The molecule has 2 aromatic carbocycles. The number of fused-ring (bicyclic) bond motifs is 1. The molecule has 2 aromatic rings. The number of thioether (sulfide) groups is 1. The lowest BCUT2D eigenvalue weighted by Crippen LogP contribution is -2.34. The second-order valence-electron chi connectivity index (χ2n) is 8.26. The van der Waals surface area contributed by atoms with Gasteiger partial charge in [-0.3, -0.25) is 4.79 Å². The van der Waals surface area contributed by atoms with Crippen molar-refractivity contribution in [2.75, 3.05) is 39.0 Å². The highest BCUT2D eigenvalue weighted by molar-refractivity contribution is 7.98. The van der Waals surface area contributed by atoms with E-state index in [0.29, 0.717) is 27.4 Å². The van der Waals surface area contributed by atoms with E-state index in [4.69, 9.17) is 28.9 Å². The third kappa shape index (κ3) is 4.66. The van der Waals surface area contributed by atoms with Crippen LogP contribution < -0.4 is 5.73 Å². The number of likely N-dealkylation sites (tertiary alicyclic amines) is 2. The zero-order chi connectivity index (χ0) is 21.3. The number of nitrogens with zero attached hydrogens (tertiary/aromatic N) is 2. The quantitative estimate of drug-likeness (QED) is 0.624. The van der Waals surface area contributed by atoms with Gasteiger partial charge in [0.1, 0.15) is 0 Å². The number of nitrogens with two attached hydrogens (primary N) is 1. The molecule has 30 heavy (non-hydrogen) atoms. The summed E-state index contributed by atoms with van der Waals surface area (Å²) < 4.78 is 0. The summed E-state index contributed by atoms with van der Waals surface area (Å²) in [6.07, 6.45) is 2.91. The molecule has 0 spiro atoms. The van der Waals surface area contributed by atoms with Gasteiger partial charge in [-0.05, 0) is 48.8 Å². The minimum Gasteiger partial charge on any atom is -0.338 e. The molecule has 7 heteroatoms. The van der Waals surface area contributed by atoms with Gasteiger partial charge in [0.25, 0.3) is 5.91 Å². The number of carbonyl (C=O) groups excluding carboxylic acids is 1. The Labute approximate surface area is 192 Å². The Morgan fingerprint density at radius 1 is 1.10 bits per heavy atom. The Balaban J connectivity index is 1.32. The number of carbonyl (C=O) groups is 1. The highest BCUT2D eigenvalue weighted by Crippen LogP contribution is 2.36. The summed E-state index contributed by atoms with van der Waals surface area (Å²) >= 11 is 14.3. The van der Waals surface area contributed by atoms with E-state index in [1.807, 2.05) is 41.5 Å². The van der Waals surface area contributed by atoms with Crippen molar-refractivity contribution in [3.63, 3.8) is 0 Å². The fraction of sp³-hybridized carbons (Fsp3) is 0.435. The molecule has 4 nitrogen and oxygen atoms in total. The van der Waals surface area contributed by atoms with E-state index in [1.54, 1.807) is 11.8 Å². The minimum atomic E-state index is -0.0512. The zero-order valence-corrected chi connectivity index (χ0v) is 19.4. The predicted molar refractivity (Wildman–Crippen MR) is 126 cm³/mol. The van der Waals surface area contributed by atoms with Crippen molar-refractivity contribution in [3.05, 3.63) is 63.6 Å². The van der Waals surface area contributed by atoms with Gasteiger partial charge in [-0.1, -0.05) is 53.5 Å². The Morgan fingerprint density at radius 3 is 2.27 bits per heavy atom. The number of benzene rings is 2. The van der Waals surface area contributed by atoms with Crippen LogP contribution in [0, 0.1) is 11.8 Å². The molecule has 2 fully saturated rings. The van der Waals surface area contributed by atoms with Crippen LogP contribution >= 0.6 is 35.0 Å². The highest BCUT2D eigenvalue weighted by Gasteiger charge is 2.42. The minimum absolute atomic E-state index is 0.0512. The number of rotatable bonds is 6. The van der Waals surface area contributed by atoms with Crippen molar-refractivity contribution in [1.29, 1.82) is 0 Å². The maximum atomic E-state index is 13.1. The van der Waals surface area contributed by atoms with E-state index >= 15 is 0 Å². The van der Waals surface area contributed by atoms with Crippen LogP contribution in [0.5, 0.6) is 0 Å². The van der Waals surface area contributed by atoms with Crippen LogP contribution in [0.3, 0.4) is 0 Å². The van der Waals surface area contributed by atoms with Gasteiger partial charge in [0, 0.05) is 37.1 Å². The monoisotopic (exact) mass is 463 g/mol. The van der Waals surface area contributed by atoms with Crippen molar-refractivity contribution in [2.45, 2.75) is 17.4 Å². The summed E-state index contributed by atoms with van der Waals surface area (Å²) in [7, 11) is 0. The van der Waals surface area contributed by atoms with Gasteiger partial charge in [-0.25, -0.2) is 0 Å². The Bertz CT molecular complexity index is 874. The first-order chi connectivity index (χ1) is 14.5. The van der Waals surface area contributed by atoms with E-state index < -0.39 is 0 Å². The van der Waals surface area contributed by atoms with Crippen LogP contribution in [0.1, 0.15) is 28.4 Å². The average Bonchev–Trinajstić information content (AvgIpc) is 3.30. The summed E-state index contributed by atoms with van der Waals surface area (Å²) in [5.41, 5.74) is 7.98. The standard InChI is InChI=1S/C23H27Cl2N3OS/c1-30-18-9-19(24)22(20(25)10-18)23(29)28-13-16-11-27(12-17(16)14-28)8-7-21(26)15-5-3-2-4-6-15/h2-6,9-10,16-17,21H,7-8,11-14,26H2,1H3/t16?,17?,21-/m0/s1. The van der Waals surface area contributed by atoms with Gasteiger partial charge < -0.3 is 15.5 Å². The van der Waals surface area contributed by atoms with E-state index in [9.17, 15) is 4.79 Å². The van der Waals surface area contributed by atoms with Crippen LogP contribution in [0.15, 0.2) is 47.4 Å². The molecule has 160 valence electrons. The molecule has 0 aliphatic carbocycles. The smallest absolute Gasteiger partial charge is 0.256 e. The van der Waals surface area contributed by atoms with Crippen molar-refractivity contribution >= 4 is 40.9 Å². The van der Waals surface area contributed by atoms with Crippen LogP contribution in [-0.2, 0) is 0 Å². The van der Waals surface area contributed by atoms with Crippen molar-refractivity contribution in [1.82, 2.24) is 9.80 Å². The van der Waals surface area contributed by atoms with Crippen LogP contribution in [0.25, 0.3) is 0 Å². The average molecular weight is 464 g/mol. The first kappa shape index (κ1) is 22.0. The highest BCUT2D eigenvalue weighted by atomic mass is 35.5. The number of amides is 1. The largest absolute Gasteiger partial charge is 0.338 e. The number of hydrogen-bond donors (Lipinski definition) is 1. The van der Waals surface area contributed by atoms with Crippen LogP contribution in [0.4, 0.5) is 0 Å². The molecule has 2 saturated heterocycles. The third-order valence-electron chi connectivity index (χ3n) is 6.30. The van der Waals surface area contributed by atoms with Gasteiger partial charge in [-0.15, -0.1) is 11.8 Å². The van der Waals surface area contributed by atoms with Gasteiger partial charge in [0.2, 0.25) is 0 Å². The molecular weight excluding hydrogens is 437 g/mol. The molecule has 0 aromatic heterocycles. The summed E-state index contributed by atoms with van der Waals surface area (Å²) in [6, 6.07) is 14.0. The third-order valence-corrected chi connectivity index (χ3v) is 7.60. The first-order valence-corrected chi connectivity index (χ1v) is 12.3. The van der Waals surface area contributed by atoms with Gasteiger partial charge in [0.05, 0.1) is 15.6 Å². The molecule has 2 aliphatic heterocycles. The Morgan fingerprint density at radius 2 is 1.70 bits per heavy atom. The predicted octanol–water partition coefficient (Wildman–Crippen LogP) is 4.81. The summed E-state index contributed by atoms with van der Waals surface area (Å²) in [5.74, 6) is 0.958. The molecule has 2 heterocycles. The van der Waals surface area contributed by atoms with Crippen LogP contribution in [0.2, 0.25) is 10.0 Å². The molecule has 3 atom stereocenters. The zero-order valence-electron chi connectivity index (χ0n) is 17.1. The summed E-state index contributed by atoms with van der Waals surface area (Å²) in [6.45, 7) is 4.56. The van der Waals surface area contributed by atoms with Crippen molar-refractivity contribution in [3.8, 4) is 0 Å². The molecule has 4 rings (SSSR count). The molecule has 2 N–H and O–H groups in total. The molecule has 2 unspecified atom stereocenters. The topological polar surface area (TPSA) is 49.6 Å². The normalized spacial score (nSPS) is 22.3. The maximum Gasteiger partial charge on any atom is 0.256 e. The number of hydrogen-bond acceptors (Lipinski definition) is 4. The first-order valence-electron chi connectivity index (χ1n) is 10.3. The van der Waals surface area contributed by atoms with E-state index in [0.717, 1.165) is 44.0 Å². The van der Waals surface area contributed by atoms with Gasteiger partial charge in [-0.2, -0.15) is 0 Å². The van der Waals surface area contributed by atoms with E-state index in [-0.39, 0.29) is 11.9 Å². The molecule has 0 radical (unpaired) electrons. The second kappa shape index (κ2) is 9.49. The van der Waals surface area contributed by atoms with Gasteiger partial charge in [0.15, 0.2) is 0 Å².